The summed E-state index contributed by atoms with van der Waals surface area (Å²) >= 11 is 0. The fraction of sp³-hybridized carbons (Fsp3) is 0.833. The number of nitrogens with zero attached hydrogens (tertiary/aromatic N) is 2. The molecule has 1 amide bonds. The van der Waals surface area contributed by atoms with Crippen molar-refractivity contribution in [2.75, 3.05) is 13.2 Å². The maximum atomic E-state index is 12.4. The Kier molecular flexibility index (Phi) is 6.21. The lowest BCUT2D eigenvalue weighted by Crippen LogP contribution is -2.47. The molecule has 25 heavy (non-hydrogen) atoms. The van der Waals surface area contributed by atoms with E-state index in [4.69, 9.17) is 14.0 Å². The molecular weight excluding hydrogens is 322 g/mol. The molecule has 1 aliphatic heterocycles. The van der Waals surface area contributed by atoms with Crippen LogP contribution >= 0.6 is 0 Å². The molecule has 2 heterocycles. The lowest BCUT2D eigenvalue weighted by atomic mass is 9.97. The predicted octanol–water partition coefficient (Wildman–Crippen LogP) is 2.69. The van der Waals surface area contributed by atoms with Crippen molar-refractivity contribution >= 4 is 5.91 Å². The minimum absolute atomic E-state index is 0.0866. The molecule has 0 bridgehead atoms. The molecule has 0 aliphatic carbocycles. The second-order valence-electron chi connectivity index (χ2n) is 8.25. The lowest BCUT2D eigenvalue weighted by Gasteiger charge is -2.27. The number of carbonyl (C=O) groups excluding carboxylic acids is 1. The first kappa shape index (κ1) is 19.8. The van der Waals surface area contributed by atoms with E-state index in [1.54, 1.807) is 6.92 Å². The number of aromatic nitrogens is 2. The average Bonchev–Trinajstić information content (AvgIpc) is 3.04. The van der Waals surface area contributed by atoms with Gasteiger partial charge in [0.1, 0.15) is 6.10 Å². The van der Waals surface area contributed by atoms with Gasteiger partial charge in [-0.2, -0.15) is 4.98 Å². The van der Waals surface area contributed by atoms with Crippen molar-refractivity contribution in [3.05, 3.63) is 11.7 Å². The minimum Gasteiger partial charge on any atom is -0.376 e. The molecule has 0 aromatic carbocycles. The van der Waals surface area contributed by atoms with Gasteiger partial charge < -0.3 is 19.3 Å². The Bertz CT molecular complexity index is 571. The van der Waals surface area contributed by atoms with Gasteiger partial charge in [0.05, 0.1) is 18.2 Å². The van der Waals surface area contributed by atoms with E-state index in [0.717, 1.165) is 25.9 Å². The second kappa shape index (κ2) is 7.83. The van der Waals surface area contributed by atoms with Crippen LogP contribution in [0.25, 0.3) is 0 Å². The molecule has 1 aromatic heterocycles. The highest BCUT2D eigenvalue weighted by Gasteiger charge is 2.33. The topological polar surface area (TPSA) is 86.5 Å². The number of ether oxygens (including phenoxy) is 2. The number of nitrogens with one attached hydrogen (secondary N) is 1. The zero-order chi connectivity index (χ0) is 18.7. The Balaban J connectivity index is 1.89. The van der Waals surface area contributed by atoms with Gasteiger partial charge in [0.15, 0.2) is 5.82 Å². The van der Waals surface area contributed by atoms with Crippen LogP contribution in [0.15, 0.2) is 4.52 Å². The fourth-order valence-electron chi connectivity index (χ4n) is 2.51. The van der Waals surface area contributed by atoms with Gasteiger partial charge in [-0.05, 0) is 40.0 Å². The molecule has 1 fully saturated rings. The maximum Gasteiger partial charge on any atom is 0.249 e. The summed E-state index contributed by atoms with van der Waals surface area (Å²) in [5.41, 5.74) is -0.981. The van der Waals surface area contributed by atoms with Crippen LogP contribution < -0.4 is 5.32 Å². The third kappa shape index (κ3) is 5.51. The van der Waals surface area contributed by atoms with E-state index in [1.807, 2.05) is 34.6 Å². The first-order chi connectivity index (χ1) is 11.6. The molecule has 0 spiro atoms. The van der Waals surface area contributed by atoms with Crippen LogP contribution in [-0.2, 0) is 25.2 Å². The van der Waals surface area contributed by atoms with Crippen LogP contribution in [0.4, 0.5) is 0 Å². The van der Waals surface area contributed by atoms with Crippen LogP contribution in [0, 0.1) is 0 Å². The third-order valence-electron chi connectivity index (χ3n) is 4.24. The first-order valence-corrected chi connectivity index (χ1v) is 8.99. The van der Waals surface area contributed by atoms with E-state index in [1.165, 1.54) is 0 Å². The molecular formula is C18H31N3O4. The summed E-state index contributed by atoms with van der Waals surface area (Å²) in [6, 6.07) is 0. The largest absolute Gasteiger partial charge is 0.376 e. The summed E-state index contributed by atoms with van der Waals surface area (Å²) < 4.78 is 16.6. The zero-order valence-electron chi connectivity index (χ0n) is 16.2. The van der Waals surface area contributed by atoms with Crippen molar-refractivity contribution in [1.82, 2.24) is 15.5 Å². The molecule has 0 radical (unpaired) electrons. The Morgan fingerprint density at radius 1 is 1.32 bits per heavy atom. The van der Waals surface area contributed by atoms with Gasteiger partial charge in [0.2, 0.25) is 11.8 Å². The van der Waals surface area contributed by atoms with Crippen molar-refractivity contribution < 1.29 is 18.8 Å². The van der Waals surface area contributed by atoms with E-state index in [9.17, 15) is 4.79 Å². The summed E-state index contributed by atoms with van der Waals surface area (Å²) in [6.45, 7) is 12.6. The van der Waals surface area contributed by atoms with Gasteiger partial charge >= 0.3 is 0 Å². The van der Waals surface area contributed by atoms with E-state index in [2.05, 4.69) is 15.5 Å². The Morgan fingerprint density at radius 3 is 2.60 bits per heavy atom. The Morgan fingerprint density at radius 2 is 2.04 bits per heavy atom. The van der Waals surface area contributed by atoms with Gasteiger partial charge in [-0.15, -0.1) is 0 Å². The number of hydrogen-bond donors (Lipinski definition) is 1. The van der Waals surface area contributed by atoms with Crippen molar-refractivity contribution in [3.63, 3.8) is 0 Å². The Hall–Kier alpha value is -1.47. The average molecular weight is 353 g/mol. The SMILES string of the molecule is CC(OCC1CCCCO1)C(=O)NC(C)(C)c1noc(C(C)(C)C)n1. The number of hydrogen-bond acceptors (Lipinski definition) is 6. The van der Waals surface area contributed by atoms with Gasteiger partial charge in [-0.3, -0.25) is 4.79 Å². The molecule has 2 atom stereocenters. The number of carbonyl (C=O) groups is 1. The standard InChI is InChI=1S/C18H31N3O4/c1-12(24-11-13-9-7-8-10-23-13)14(22)20-18(5,6)15-19-16(25-21-15)17(2,3)4/h12-13H,7-11H2,1-6H3,(H,20,22). The van der Waals surface area contributed by atoms with Crippen molar-refractivity contribution in [1.29, 1.82) is 0 Å². The van der Waals surface area contributed by atoms with Gasteiger partial charge in [0.25, 0.3) is 0 Å². The number of amides is 1. The summed E-state index contributed by atoms with van der Waals surface area (Å²) in [7, 11) is 0. The smallest absolute Gasteiger partial charge is 0.249 e. The molecule has 1 saturated heterocycles. The minimum atomic E-state index is -0.747. The quantitative estimate of drug-likeness (QED) is 0.846. The van der Waals surface area contributed by atoms with E-state index < -0.39 is 11.6 Å². The predicted molar refractivity (Wildman–Crippen MR) is 93.2 cm³/mol. The van der Waals surface area contributed by atoms with Crippen LogP contribution in [0.5, 0.6) is 0 Å². The van der Waals surface area contributed by atoms with Gasteiger partial charge in [-0.25, -0.2) is 0 Å². The summed E-state index contributed by atoms with van der Waals surface area (Å²) in [4.78, 5) is 16.9. The van der Waals surface area contributed by atoms with Crippen LogP contribution in [-0.4, -0.2) is 41.5 Å². The third-order valence-corrected chi connectivity index (χ3v) is 4.24. The van der Waals surface area contributed by atoms with Crippen molar-refractivity contribution in [3.8, 4) is 0 Å². The lowest BCUT2D eigenvalue weighted by molar-refractivity contribution is -0.137. The first-order valence-electron chi connectivity index (χ1n) is 8.99. The normalized spacial score (nSPS) is 20.3. The molecule has 7 nitrogen and oxygen atoms in total. The molecule has 142 valence electrons. The number of rotatable bonds is 6. The van der Waals surface area contributed by atoms with E-state index >= 15 is 0 Å². The molecule has 2 unspecified atom stereocenters. The summed E-state index contributed by atoms with van der Waals surface area (Å²) in [5, 5.41) is 6.96. The molecule has 7 heteroatoms. The van der Waals surface area contributed by atoms with Crippen molar-refractivity contribution in [2.24, 2.45) is 0 Å². The monoisotopic (exact) mass is 353 g/mol. The molecule has 1 N–H and O–H groups in total. The highest BCUT2D eigenvalue weighted by molar-refractivity contribution is 5.81. The summed E-state index contributed by atoms with van der Waals surface area (Å²) in [5.74, 6) is 0.792. The maximum absolute atomic E-state index is 12.4. The summed E-state index contributed by atoms with van der Waals surface area (Å²) in [6.07, 6.45) is 2.75. The van der Waals surface area contributed by atoms with E-state index in [0.29, 0.717) is 18.3 Å². The molecule has 1 aliphatic rings. The van der Waals surface area contributed by atoms with Gasteiger partial charge in [0, 0.05) is 12.0 Å². The zero-order valence-corrected chi connectivity index (χ0v) is 16.2. The highest BCUT2D eigenvalue weighted by Crippen LogP contribution is 2.24. The van der Waals surface area contributed by atoms with Crippen LogP contribution in [0.1, 0.15) is 72.5 Å². The Labute approximate surface area is 149 Å². The molecule has 2 rings (SSSR count). The van der Waals surface area contributed by atoms with Crippen LogP contribution in [0.2, 0.25) is 0 Å². The van der Waals surface area contributed by atoms with Crippen LogP contribution in [0.3, 0.4) is 0 Å². The highest BCUT2D eigenvalue weighted by atomic mass is 16.5. The second-order valence-corrected chi connectivity index (χ2v) is 8.25. The van der Waals surface area contributed by atoms with Gasteiger partial charge in [-0.1, -0.05) is 25.9 Å². The van der Waals surface area contributed by atoms with Crippen molar-refractivity contribution in [2.45, 2.75) is 84.0 Å². The van der Waals surface area contributed by atoms with E-state index in [-0.39, 0.29) is 17.4 Å². The fourth-order valence-corrected chi connectivity index (χ4v) is 2.51. The molecule has 1 aromatic rings. The molecule has 0 saturated carbocycles.